The molecule has 2 amide bonds. The van der Waals surface area contributed by atoms with Crippen LogP contribution >= 0.6 is 0 Å². The van der Waals surface area contributed by atoms with Gasteiger partial charge in [-0.05, 0) is 75.5 Å². The number of aromatic amines is 1. The predicted octanol–water partition coefficient (Wildman–Crippen LogP) is 3.19. The van der Waals surface area contributed by atoms with Crippen molar-refractivity contribution in [3.8, 4) is 0 Å². The molecule has 0 aliphatic carbocycles. The summed E-state index contributed by atoms with van der Waals surface area (Å²) in [7, 11) is 0. The number of carbonyl (C=O) groups excluding carboxylic acids is 2. The molecule has 2 aromatic rings. The van der Waals surface area contributed by atoms with Crippen LogP contribution < -0.4 is 5.32 Å². The molecule has 8 heteroatoms. The maximum Gasteiger partial charge on any atom is 0.256 e. The van der Waals surface area contributed by atoms with Gasteiger partial charge in [-0.15, -0.1) is 0 Å². The van der Waals surface area contributed by atoms with Crippen LogP contribution in [0, 0.1) is 12.7 Å². The van der Waals surface area contributed by atoms with Crippen molar-refractivity contribution in [2.24, 2.45) is 0 Å². The van der Waals surface area contributed by atoms with Crippen LogP contribution in [0.25, 0.3) is 11.6 Å². The van der Waals surface area contributed by atoms with Crippen molar-refractivity contribution in [2.45, 2.75) is 45.1 Å². The number of H-pyrrole nitrogens is 1. The lowest BCUT2D eigenvalue weighted by Crippen LogP contribution is -2.44. The minimum absolute atomic E-state index is 0.0917. The standard InChI is InChI=1S/C26H31FN4O3/c1-16-23(13-20-19-12-17(27)7-8-21(19)29-25(20)33)28-22-6-5-11-31(26(34)24(16)22)15-18(32)14-30-9-3-2-4-10-30/h7-8,12-13,18,28,32H,2-6,9-11,14-15H2,1H3,(H,29,33)/b20-13-/t18-/m1/s1. The minimum atomic E-state index is -0.585. The van der Waals surface area contributed by atoms with Crippen LogP contribution in [0.15, 0.2) is 18.2 Å². The van der Waals surface area contributed by atoms with Crippen molar-refractivity contribution in [2.75, 3.05) is 38.0 Å². The molecule has 1 saturated heterocycles. The maximum absolute atomic E-state index is 13.8. The lowest BCUT2D eigenvalue weighted by atomic mass is 10.0. The van der Waals surface area contributed by atoms with Gasteiger partial charge in [-0.2, -0.15) is 0 Å². The number of hydrogen-bond donors (Lipinski definition) is 3. The van der Waals surface area contributed by atoms with Gasteiger partial charge in [-0.25, -0.2) is 4.39 Å². The number of piperidine rings is 1. The van der Waals surface area contributed by atoms with Gasteiger partial charge in [0.1, 0.15) is 5.82 Å². The summed E-state index contributed by atoms with van der Waals surface area (Å²) < 4.78 is 13.8. The average Bonchev–Trinajstić information content (AvgIpc) is 3.23. The molecule has 34 heavy (non-hydrogen) atoms. The number of aromatic nitrogens is 1. The van der Waals surface area contributed by atoms with E-state index >= 15 is 0 Å². The van der Waals surface area contributed by atoms with Gasteiger partial charge in [0.15, 0.2) is 0 Å². The normalized spacial score (nSPS) is 20.8. The Morgan fingerprint density at radius 3 is 2.71 bits per heavy atom. The van der Waals surface area contributed by atoms with Crippen molar-refractivity contribution >= 4 is 29.2 Å². The summed E-state index contributed by atoms with van der Waals surface area (Å²) >= 11 is 0. The van der Waals surface area contributed by atoms with Crippen molar-refractivity contribution in [3.63, 3.8) is 0 Å². The Morgan fingerprint density at radius 2 is 1.91 bits per heavy atom. The molecule has 3 N–H and O–H groups in total. The first-order chi connectivity index (χ1) is 16.4. The summed E-state index contributed by atoms with van der Waals surface area (Å²) in [6, 6.07) is 4.22. The van der Waals surface area contributed by atoms with Crippen LogP contribution in [0.2, 0.25) is 0 Å². The highest BCUT2D eigenvalue weighted by atomic mass is 19.1. The summed E-state index contributed by atoms with van der Waals surface area (Å²) in [5.74, 6) is -0.793. The largest absolute Gasteiger partial charge is 0.390 e. The SMILES string of the molecule is Cc1c(/C=C2\C(=O)Nc3ccc(F)cc32)[nH]c2c1C(=O)N(C[C@H](O)CN1CCCCC1)CCC2. The number of aliphatic hydroxyl groups is 1. The Kier molecular flexibility index (Phi) is 6.27. The number of nitrogens with zero attached hydrogens (tertiary/aromatic N) is 2. The molecule has 180 valence electrons. The van der Waals surface area contributed by atoms with Gasteiger partial charge in [0, 0.05) is 42.3 Å². The van der Waals surface area contributed by atoms with Crippen molar-refractivity contribution in [1.29, 1.82) is 0 Å². The summed E-state index contributed by atoms with van der Waals surface area (Å²) in [4.78, 5) is 33.4. The number of amides is 2. The fraction of sp³-hybridized carbons (Fsp3) is 0.462. The number of benzene rings is 1. The number of halogens is 1. The van der Waals surface area contributed by atoms with E-state index in [-0.39, 0.29) is 11.8 Å². The Morgan fingerprint density at radius 1 is 1.12 bits per heavy atom. The highest BCUT2D eigenvalue weighted by Crippen LogP contribution is 2.35. The quantitative estimate of drug-likeness (QED) is 0.591. The van der Waals surface area contributed by atoms with Crippen LogP contribution in [-0.4, -0.2) is 70.5 Å². The van der Waals surface area contributed by atoms with E-state index in [0.717, 1.165) is 43.6 Å². The molecule has 0 radical (unpaired) electrons. The molecule has 0 unspecified atom stereocenters. The first-order valence-electron chi connectivity index (χ1n) is 12.1. The van der Waals surface area contributed by atoms with E-state index in [4.69, 9.17) is 0 Å². The molecule has 0 bridgehead atoms. The molecular formula is C26H31FN4O3. The van der Waals surface area contributed by atoms with E-state index in [1.54, 1.807) is 17.0 Å². The van der Waals surface area contributed by atoms with Crippen LogP contribution in [-0.2, 0) is 11.2 Å². The zero-order chi connectivity index (χ0) is 23.8. The maximum atomic E-state index is 13.8. The fourth-order valence-electron chi connectivity index (χ4n) is 5.38. The van der Waals surface area contributed by atoms with Crippen LogP contribution in [0.1, 0.15) is 58.6 Å². The number of hydrogen-bond acceptors (Lipinski definition) is 4. The lowest BCUT2D eigenvalue weighted by molar-refractivity contribution is -0.110. The Labute approximate surface area is 198 Å². The van der Waals surface area contributed by atoms with Gasteiger partial charge < -0.3 is 25.2 Å². The molecule has 7 nitrogen and oxygen atoms in total. The fourth-order valence-corrected chi connectivity index (χ4v) is 5.38. The second kappa shape index (κ2) is 9.35. The number of aryl methyl sites for hydroxylation is 1. The zero-order valence-corrected chi connectivity index (χ0v) is 19.5. The highest BCUT2D eigenvalue weighted by molar-refractivity contribution is 6.34. The van der Waals surface area contributed by atoms with E-state index in [0.29, 0.717) is 54.1 Å². The van der Waals surface area contributed by atoms with E-state index < -0.39 is 11.9 Å². The Balaban J connectivity index is 1.38. The second-order valence-electron chi connectivity index (χ2n) is 9.59. The third kappa shape index (κ3) is 4.40. The number of fused-ring (bicyclic) bond motifs is 2. The van der Waals surface area contributed by atoms with Crippen molar-refractivity contribution < 1.29 is 19.1 Å². The number of anilines is 1. The first-order valence-corrected chi connectivity index (χ1v) is 12.1. The van der Waals surface area contributed by atoms with E-state index in [1.807, 2.05) is 6.92 Å². The number of likely N-dealkylation sites (tertiary alicyclic amines) is 1. The average molecular weight is 467 g/mol. The van der Waals surface area contributed by atoms with Crippen LogP contribution in [0.3, 0.4) is 0 Å². The van der Waals surface area contributed by atoms with Gasteiger partial charge in [0.05, 0.1) is 17.2 Å². The van der Waals surface area contributed by atoms with Gasteiger partial charge in [-0.3, -0.25) is 9.59 Å². The van der Waals surface area contributed by atoms with Crippen LogP contribution in [0.5, 0.6) is 0 Å². The second-order valence-corrected chi connectivity index (χ2v) is 9.59. The van der Waals surface area contributed by atoms with Crippen LogP contribution in [0.4, 0.5) is 10.1 Å². The molecule has 5 rings (SSSR count). The van der Waals surface area contributed by atoms with Gasteiger partial charge >= 0.3 is 0 Å². The zero-order valence-electron chi connectivity index (χ0n) is 19.5. The topological polar surface area (TPSA) is 88.7 Å². The lowest BCUT2D eigenvalue weighted by Gasteiger charge is -2.31. The minimum Gasteiger partial charge on any atom is -0.390 e. The number of rotatable bonds is 5. The third-order valence-corrected chi connectivity index (χ3v) is 7.12. The number of aliphatic hydroxyl groups excluding tert-OH is 1. The highest BCUT2D eigenvalue weighted by Gasteiger charge is 2.30. The number of carbonyl (C=O) groups is 2. The van der Waals surface area contributed by atoms with Crippen molar-refractivity contribution in [3.05, 3.63) is 52.1 Å². The third-order valence-electron chi connectivity index (χ3n) is 7.12. The molecular weight excluding hydrogens is 435 g/mol. The number of β-amino-alcohol motifs (C(OH)–C–C–N with tert-alkyl or cyclic N) is 1. The Bertz CT molecular complexity index is 1150. The summed E-state index contributed by atoms with van der Waals surface area (Å²) in [6.45, 7) is 5.38. The molecule has 0 saturated carbocycles. The predicted molar refractivity (Wildman–Crippen MR) is 129 cm³/mol. The molecule has 3 aliphatic rings. The summed E-state index contributed by atoms with van der Waals surface area (Å²) in [5, 5.41) is 13.5. The monoisotopic (exact) mass is 466 g/mol. The first kappa shape index (κ1) is 22.8. The van der Waals surface area contributed by atoms with Gasteiger partial charge in [0.2, 0.25) is 0 Å². The molecule has 3 aliphatic heterocycles. The van der Waals surface area contributed by atoms with Crippen molar-refractivity contribution in [1.82, 2.24) is 14.8 Å². The Hall–Kier alpha value is -2.97. The molecule has 1 aromatic carbocycles. The molecule has 1 aromatic heterocycles. The van der Waals surface area contributed by atoms with E-state index in [2.05, 4.69) is 15.2 Å². The molecule has 0 spiro atoms. The van der Waals surface area contributed by atoms with E-state index in [9.17, 15) is 19.1 Å². The molecule has 1 fully saturated rings. The van der Waals surface area contributed by atoms with E-state index in [1.165, 1.54) is 18.6 Å². The summed E-state index contributed by atoms with van der Waals surface area (Å²) in [6.07, 6.45) is 6.18. The molecule has 4 heterocycles. The molecule has 1 atom stereocenters. The number of nitrogens with one attached hydrogen (secondary N) is 2. The smallest absolute Gasteiger partial charge is 0.256 e. The van der Waals surface area contributed by atoms with Gasteiger partial charge in [-0.1, -0.05) is 6.42 Å². The summed E-state index contributed by atoms with van der Waals surface area (Å²) in [5.41, 5.74) is 4.37. The van der Waals surface area contributed by atoms with Gasteiger partial charge in [0.25, 0.3) is 11.8 Å².